The van der Waals surface area contributed by atoms with Crippen molar-refractivity contribution in [1.82, 2.24) is 4.98 Å². The first-order valence-electron chi connectivity index (χ1n) is 9.62. The zero-order chi connectivity index (χ0) is 20.1. The number of anilines is 1. The molecule has 0 aliphatic rings. The Bertz CT molecular complexity index is 1100. The van der Waals surface area contributed by atoms with Crippen LogP contribution in [-0.2, 0) is 11.2 Å². The third kappa shape index (κ3) is 4.61. The minimum Gasteiger partial charge on any atom is -0.480 e. The number of pyridine rings is 1. The highest BCUT2D eigenvalue weighted by Crippen LogP contribution is 2.26. The second-order valence-corrected chi connectivity index (χ2v) is 6.96. The number of nitrogens with zero attached hydrogens (tertiary/aromatic N) is 1. The summed E-state index contributed by atoms with van der Waals surface area (Å²) in [6.07, 6.45) is 3.80. The van der Waals surface area contributed by atoms with E-state index in [-0.39, 0.29) is 5.91 Å². The smallest absolute Gasteiger partial charge is 0.265 e. The summed E-state index contributed by atoms with van der Waals surface area (Å²) in [5.41, 5.74) is 3.13. The Kier molecular flexibility index (Phi) is 5.52. The predicted octanol–water partition coefficient (Wildman–Crippen LogP) is 5.23. The van der Waals surface area contributed by atoms with Crippen molar-refractivity contribution in [2.75, 3.05) is 5.32 Å². The molecule has 144 valence electrons. The minimum absolute atomic E-state index is 0.181. The fourth-order valence-electron chi connectivity index (χ4n) is 3.23. The lowest BCUT2D eigenvalue weighted by atomic mass is 10.1. The van der Waals surface area contributed by atoms with E-state index in [1.165, 1.54) is 11.1 Å². The number of amides is 1. The van der Waals surface area contributed by atoms with Crippen LogP contribution in [0.3, 0.4) is 0 Å². The molecule has 4 rings (SSSR count). The summed E-state index contributed by atoms with van der Waals surface area (Å²) in [5.74, 6) is 0.526. The van der Waals surface area contributed by atoms with Crippen LogP contribution in [0.4, 0.5) is 5.69 Å². The molecule has 4 nitrogen and oxygen atoms in total. The molecule has 1 atom stereocenters. The first kappa shape index (κ1) is 18.7. The van der Waals surface area contributed by atoms with Crippen molar-refractivity contribution in [3.8, 4) is 5.75 Å². The number of benzene rings is 3. The van der Waals surface area contributed by atoms with E-state index in [1.807, 2.05) is 78.9 Å². The Morgan fingerprint density at radius 1 is 0.897 bits per heavy atom. The quantitative estimate of drug-likeness (QED) is 0.497. The number of nitrogens with one attached hydrogen (secondary N) is 1. The van der Waals surface area contributed by atoms with Crippen molar-refractivity contribution in [3.05, 3.63) is 102 Å². The van der Waals surface area contributed by atoms with Gasteiger partial charge in [0.25, 0.3) is 5.91 Å². The molecule has 0 fully saturated rings. The third-order valence-corrected chi connectivity index (χ3v) is 4.80. The highest BCUT2D eigenvalue weighted by Gasteiger charge is 2.16. The lowest BCUT2D eigenvalue weighted by Gasteiger charge is -2.16. The van der Waals surface area contributed by atoms with Crippen LogP contribution in [0, 0.1) is 0 Å². The molecule has 0 aliphatic carbocycles. The second kappa shape index (κ2) is 8.57. The Morgan fingerprint density at radius 2 is 1.59 bits per heavy atom. The maximum Gasteiger partial charge on any atom is 0.265 e. The van der Waals surface area contributed by atoms with E-state index in [4.69, 9.17) is 4.74 Å². The monoisotopic (exact) mass is 382 g/mol. The SMILES string of the molecule is CC(Oc1cccc2ccccc12)C(=O)Nc1ccc(Cc2ccncc2)cc1. The van der Waals surface area contributed by atoms with Gasteiger partial charge in [-0.1, -0.05) is 48.5 Å². The van der Waals surface area contributed by atoms with Gasteiger partial charge in [-0.05, 0) is 60.2 Å². The zero-order valence-electron chi connectivity index (χ0n) is 16.2. The number of rotatable bonds is 6. The minimum atomic E-state index is -0.614. The number of ether oxygens (including phenoxy) is 1. The van der Waals surface area contributed by atoms with Crippen LogP contribution in [0.15, 0.2) is 91.3 Å². The number of fused-ring (bicyclic) bond motifs is 1. The van der Waals surface area contributed by atoms with Gasteiger partial charge in [0.2, 0.25) is 0 Å². The van der Waals surface area contributed by atoms with Crippen molar-refractivity contribution < 1.29 is 9.53 Å². The summed E-state index contributed by atoms with van der Waals surface area (Å²) in [4.78, 5) is 16.6. The fraction of sp³-hybridized carbons (Fsp3) is 0.120. The molecule has 1 heterocycles. The highest BCUT2D eigenvalue weighted by molar-refractivity contribution is 5.95. The van der Waals surface area contributed by atoms with Gasteiger partial charge >= 0.3 is 0 Å². The normalized spacial score (nSPS) is 11.8. The number of carbonyl (C=O) groups is 1. The average molecular weight is 382 g/mol. The van der Waals surface area contributed by atoms with Gasteiger partial charge in [0.05, 0.1) is 0 Å². The van der Waals surface area contributed by atoms with Crippen molar-refractivity contribution in [2.45, 2.75) is 19.4 Å². The van der Waals surface area contributed by atoms with Crippen LogP contribution in [0.2, 0.25) is 0 Å². The molecule has 0 saturated carbocycles. The van der Waals surface area contributed by atoms with E-state index in [2.05, 4.69) is 10.3 Å². The first-order valence-corrected chi connectivity index (χ1v) is 9.62. The Morgan fingerprint density at radius 3 is 2.38 bits per heavy atom. The number of hydrogen-bond acceptors (Lipinski definition) is 3. The molecular formula is C25H22N2O2. The molecule has 4 heteroatoms. The van der Waals surface area contributed by atoms with E-state index in [0.29, 0.717) is 5.75 Å². The first-order chi connectivity index (χ1) is 14.2. The van der Waals surface area contributed by atoms with Gasteiger partial charge < -0.3 is 10.1 Å². The average Bonchev–Trinajstić information content (AvgIpc) is 2.76. The van der Waals surface area contributed by atoms with Crippen molar-refractivity contribution in [3.63, 3.8) is 0 Å². The molecule has 0 bridgehead atoms. The molecule has 1 amide bonds. The second-order valence-electron chi connectivity index (χ2n) is 6.96. The molecule has 1 aromatic heterocycles. The molecule has 0 aliphatic heterocycles. The molecule has 29 heavy (non-hydrogen) atoms. The van der Waals surface area contributed by atoms with Gasteiger partial charge in [0, 0.05) is 23.5 Å². The number of hydrogen-bond donors (Lipinski definition) is 1. The Labute approximate surface area is 170 Å². The zero-order valence-corrected chi connectivity index (χ0v) is 16.2. The summed E-state index contributed by atoms with van der Waals surface area (Å²) < 4.78 is 5.95. The maximum absolute atomic E-state index is 12.6. The summed E-state index contributed by atoms with van der Waals surface area (Å²) in [5, 5.41) is 5.01. The van der Waals surface area contributed by atoms with Crippen molar-refractivity contribution >= 4 is 22.4 Å². The number of carbonyl (C=O) groups excluding carboxylic acids is 1. The largest absolute Gasteiger partial charge is 0.480 e. The van der Waals surface area contributed by atoms with Crippen molar-refractivity contribution in [1.29, 1.82) is 0 Å². The fourth-order valence-corrected chi connectivity index (χ4v) is 3.23. The van der Waals surface area contributed by atoms with Crippen LogP contribution < -0.4 is 10.1 Å². The summed E-state index contributed by atoms with van der Waals surface area (Å²) in [6.45, 7) is 1.76. The lowest BCUT2D eigenvalue weighted by molar-refractivity contribution is -0.122. The predicted molar refractivity (Wildman–Crippen MR) is 116 cm³/mol. The molecule has 3 aromatic carbocycles. The van der Waals surface area contributed by atoms with Crippen LogP contribution in [-0.4, -0.2) is 17.0 Å². The highest BCUT2D eigenvalue weighted by atomic mass is 16.5. The standard InChI is InChI=1S/C25H22N2O2/c1-18(29-24-8-4-6-21-5-2-3-7-23(21)24)25(28)27-22-11-9-19(10-12-22)17-20-13-15-26-16-14-20/h2-16,18H,17H2,1H3,(H,27,28). The Balaban J connectivity index is 1.39. The van der Waals surface area contributed by atoms with Crippen LogP contribution >= 0.6 is 0 Å². The third-order valence-electron chi connectivity index (χ3n) is 4.80. The Hall–Kier alpha value is -3.66. The van der Waals surface area contributed by atoms with Gasteiger partial charge in [-0.3, -0.25) is 9.78 Å². The van der Waals surface area contributed by atoms with Crippen LogP contribution in [0.25, 0.3) is 10.8 Å². The summed E-state index contributed by atoms with van der Waals surface area (Å²) in [6, 6.07) is 25.7. The molecule has 1 N–H and O–H groups in total. The molecule has 4 aromatic rings. The molecule has 0 spiro atoms. The van der Waals surface area contributed by atoms with E-state index >= 15 is 0 Å². The van der Waals surface area contributed by atoms with Gasteiger partial charge in [-0.25, -0.2) is 0 Å². The summed E-state index contributed by atoms with van der Waals surface area (Å²) in [7, 11) is 0. The van der Waals surface area contributed by atoms with Gasteiger partial charge in [-0.2, -0.15) is 0 Å². The van der Waals surface area contributed by atoms with Crippen LogP contribution in [0.5, 0.6) is 5.75 Å². The van der Waals surface area contributed by atoms with E-state index in [9.17, 15) is 4.79 Å². The van der Waals surface area contributed by atoms with E-state index in [0.717, 1.165) is 22.9 Å². The maximum atomic E-state index is 12.6. The van der Waals surface area contributed by atoms with Gasteiger partial charge in [0.1, 0.15) is 5.75 Å². The molecular weight excluding hydrogens is 360 g/mol. The summed E-state index contributed by atoms with van der Waals surface area (Å²) >= 11 is 0. The van der Waals surface area contributed by atoms with Crippen LogP contribution in [0.1, 0.15) is 18.1 Å². The van der Waals surface area contributed by atoms with Crippen molar-refractivity contribution in [2.24, 2.45) is 0 Å². The van der Waals surface area contributed by atoms with Gasteiger partial charge in [-0.15, -0.1) is 0 Å². The molecule has 0 radical (unpaired) electrons. The molecule has 1 unspecified atom stereocenters. The van der Waals surface area contributed by atoms with E-state index in [1.54, 1.807) is 19.3 Å². The number of aromatic nitrogens is 1. The van der Waals surface area contributed by atoms with Gasteiger partial charge in [0.15, 0.2) is 6.10 Å². The lowest BCUT2D eigenvalue weighted by Crippen LogP contribution is -2.30. The molecule has 0 saturated heterocycles. The topological polar surface area (TPSA) is 51.2 Å². The van der Waals surface area contributed by atoms with E-state index < -0.39 is 6.10 Å².